The van der Waals surface area contributed by atoms with E-state index in [1.54, 1.807) is 34.5 Å². The maximum absolute atomic E-state index is 13.8. The van der Waals surface area contributed by atoms with Crippen molar-refractivity contribution in [1.82, 2.24) is 19.9 Å². The third kappa shape index (κ3) is 4.16. The molecule has 0 spiro atoms. The highest BCUT2D eigenvalue weighted by Crippen LogP contribution is 2.33. The van der Waals surface area contributed by atoms with Crippen LogP contribution in [0.2, 0.25) is 0 Å². The van der Waals surface area contributed by atoms with Gasteiger partial charge in [0.05, 0.1) is 24.0 Å². The molecule has 0 saturated carbocycles. The molecule has 1 atom stereocenters. The van der Waals surface area contributed by atoms with Gasteiger partial charge in [0, 0.05) is 17.1 Å². The van der Waals surface area contributed by atoms with Gasteiger partial charge in [-0.3, -0.25) is 14.3 Å². The van der Waals surface area contributed by atoms with E-state index in [4.69, 9.17) is 0 Å². The Bertz CT molecular complexity index is 1270. The van der Waals surface area contributed by atoms with Crippen molar-refractivity contribution >= 4 is 21.6 Å². The maximum atomic E-state index is 13.8. The number of fused-ring (bicyclic) bond motifs is 3. The molecule has 1 aliphatic carbocycles. The van der Waals surface area contributed by atoms with E-state index in [1.165, 1.54) is 10.9 Å². The molecular formula is C24H23FN4OS. The normalized spacial score (nSPS) is 15.8. The van der Waals surface area contributed by atoms with Crippen molar-refractivity contribution in [2.24, 2.45) is 0 Å². The second kappa shape index (κ2) is 8.69. The number of hydrogen-bond acceptors (Lipinski definition) is 5. The molecule has 0 aliphatic heterocycles. The summed E-state index contributed by atoms with van der Waals surface area (Å²) >= 11 is 1.62. The smallest absolute Gasteiger partial charge is 0.262 e. The Kier molecular flexibility index (Phi) is 5.61. The van der Waals surface area contributed by atoms with Crippen LogP contribution in [0.15, 0.2) is 59.8 Å². The van der Waals surface area contributed by atoms with Gasteiger partial charge in [-0.05, 0) is 61.6 Å². The van der Waals surface area contributed by atoms with Crippen molar-refractivity contribution in [3.05, 3.63) is 92.9 Å². The van der Waals surface area contributed by atoms with Crippen LogP contribution in [0.1, 0.15) is 28.1 Å². The van der Waals surface area contributed by atoms with Gasteiger partial charge in [-0.15, -0.1) is 11.3 Å². The standard InChI is InChI=1S/C24H23FN4OS/c25-20-7-2-1-5-16(20)10-12-27-17-8-9-19-21(13-17)31-23-22(19)24(30)29(15-28-23)14-18-6-3-4-11-26-18/h1-7,11,15,17,27H,8-10,12-14H2. The number of halogens is 1. The lowest BCUT2D eigenvalue weighted by molar-refractivity contribution is 0.464. The number of aromatic nitrogens is 3. The van der Waals surface area contributed by atoms with Crippen molar-refractivity contribution in [3.8, 4) is 0 Å². The summed E-state index contributed by atoms with van der Waals surface area (Å²) in [7, 11) is 0. The molecule has 158 valence electrons. The molecule has 0 saturated heterocycles. The summed E-state index contributed by atoms with van der Waals surface area (Å²) in [5, 5.41) is 4.34. The first-order chi connectivity index (χ1) is 15.2. The SMILES string of the molecule is O=c1c2c3c(sc2ncn1Cc1ccccn1)CC(NCCc1ccccc1F)CC3. The van der Waals surface area contributed by atoms with Crippen molar-refractivity contribution in [1.29, 1.82) is 0 Å². The van der Waals surface area contributed by atoms with E-state index in [2.05, 4.69) is 15.3 Å². The van der Waals surface area contributed by atoms with Crippen LogP contribution in [-0.4, -0.2) is 27.1 Å². The van der Waals surface area contributed by atoms with E-state index in [0.29, 0.717) is 19.0 Å². The molecule has 0 fully saturated rings. The highest BCUT2D eigenvalue weighted by Gasteiger charge is 2.25. The monoisotopic (exact) mass is 434 g/mol. The van der Waals surface area contributed by atoms with Crippen LogP contribution in [0.4, 0.5) is 4.39 Å². The van der Waals surface area contributed by atoms with Gasteiger partial charge in [-0.25, -0.2) is 9.37 Å². The number of aryl methyl sites for hydroxylation is 1. The largest absolute Gasteiger partial charge is 0.313 e. The summed E-state index contributed by atoms with van der Waals surface area (Å²) < 4.78 is 15.5. The molecule has 5 nitrogen and oxygen atoms in total. The lowest BCUT2D eigenvalue weighted by Gasteiger charge is -2.23. The Labute approximate surface area is 183 Å². The first kappa shape index (κ1) is 20.0. The minimum Gasteiger partial charge on any atom is -0.313 e. The summed E-state index contributed by atoms with van der Waals surface area (Å²) in [6, 6.07) is 13.0. The summed E-state index contributed by atoms with van der Waals surface area (Å²) in [5.74, 6) is -0.146. The van der Waals surface area contributed by atoms with Gasteiger partial charge >= 0.3 is 0 Å². The van der Waals surface area contributed by atoms with Gasteiger partial charge in [0.1, 0.15) is 10.6 Å². The molecule has 0 amide bonds. The fourth-order valence-corrected chi connectivity index (χ4v) is 5.52. The molecule has 1 unspecified atom stereocenters. The van der Waals surface area contributed by atoms with Crippen LogP contribution in [0, 0.1) is 5.82 Å². The van der Waals surface area contributed by atoms with E-state index < -0.39 is 0 Å². The van der Waals surface area contributed by atoms with E-state index in [-0.39, 0.29) is 11.4 Å². The van der Waals surface area contributed by atoms with Crippen LogP contribution in [0.25, 0.3) is 10.2 Å². The molecule has 5 rings (SSSR count). The molecular weight excluding hydrogens is 411 g/mol. The molecule has 7 heteroatoms. The third-order valence-electron chi connectivity index (χ3n) is 5.88. The minimum absolute atomic E-state index is 0.0131. The highest BCUT2D eigenvalue weighted by atomic mass is 32.1. The highest BCUT2D eigenvalue weighted by molar-refractivity contribution is 7.18. The number of thiophene rings is 1. The van der Waals surface area contributed by atoms with E-state index >= 15 is 0 Å². The molecule has 1 aromatic carbocycles. The van der Waals surface area contributed by atoms with Crippen LogP contribution < -0.4 is 10.9 Å². The van der Waals surface area contributed by atoms with Crippen molar-refractivity contribution in [2.75, 3.05) is 6.54 Å². The zero-order valence-corrected chi connectivity index (χ0v) is 17.9. The van der Waals surface area contributed by atoms with Gasteiger partial charge < -0.3 is 5.32 Å². The summed E-state index contributed by atoms with van der Waals surface area (Å²) in [6.07, 6.45) is 6.74. The molecule has 4 aromatic rings. The zero-order chi connectivity index (χ0) is 21.2. The van der Waals surface area contributed by atoms with E-state index in [9.17, 15) is 9.18 Å². The van der Waals surface area contributed by atoms with Crippen LogP contribution in [0.3, 0.4) is 0 Å². The van der Waals surface area contributed by atoms with E-state index in [0.717, 1.165) is 52.8 Å². The first-order valence-corrected chi connectivity index (χ1v) is 11.4. The molecule has 1 N–H and O–H groups in total. The first-order valence-electron chi connectivity index (χ1n) is 10.6. The zero-order valence-electron chi connectivity index (χ0n) is 17.1. The Morgan fingerprint density at radius 3 is 2.87 bits per heavy atom. The summed E-state index contributed by atoms with van der Waals surface area (Å²) in [4.78, 5) is 24.1. The lowest BCUT2D eigenvalue weighted by Crippen LogP contribution is -2.35. The average Bonchev–Trinajstić information content (AvgIpc) is 3.16. The fourth-order valence-electron chi connectivity index (χ4n) is 4.27. The molecule has 3 aromatic heterocycles. The molecule has 0 radical (unpaired) electrons. The van der Waals surface area contributed by atoms with Crippen LogP contribution >= 0.6 is 11.3 Å². The van der Waals surface area contributed by atoms with Crippen LogP contribution in [-0.2, 0) is 25.8 Å². The number of hydrogen-bond donors (Lipinski definition) is 1. The maximum Gasteiger partial charge on any atom is 0.262 e. The molecule has 3 heterocycles. The Hall–Kier alpha value is -2.90. The van der Waals surface area contributed by atoms with Gasteiger partial charge in [0.2, 0.25) is 0 Å². The van der Waals surface area contributed by atoms with Gasteiger partial charge in [0.25, 0.3) is 5.56 Å². The minimum atomic E-state index is -0.146. The van der Waals surface area contributed by atoms with Gasteiger partial charge in [0.15, 0.2) is 0 Å². The van der Waals surface area contributed by atoms with Crippen molar-refractivity contribution in [2.45, 2.75) is 38.3 Å². The van der Waals surface area contributed by atoms with Crippen molar-refractivity contribution < 1.29 is 4.39 Å². The quantitative estimate of drug-likeness (QED) is 0.502. The Morgan fingerprint density at radius 1 is 1.16 bits per heavy atom. The fraction of sp³-hybridized carbons (Fsp3) is 0.292. The van der Waals surface area contributed by atoms with Gasteiger partial charge in [-0.1, -0.05) is 24.3 Å². The molecule has 1 aliphatic rings. The topological polar surface area (TPSA) is 59.8 Å². The second-order valence-electron chi connectivity index (χ2n) is 7.92. The van der Waals surface area contributed by atoms with Crippen LogP contribution in [0.5, 0.6) is 0 Å². The number of nitrogens with zero attached hydrogens (tertiary/aromatic N) is 3. The number of rotatable bonds is 6. The second-order valence-corrected chi connectivity index (χ2v) is 9.00. The summed E-state index contributed by atoms with van der Waals surface area (Å²) in [5.41, 5.74) is 2.75. The number of pyridine rings is 1. The average molecular weight is 435 g/mol. The van der Waals surface area contributed by atoms with Gasteiger partial charge in [-0.2, -0.15) is 0 Å². The Balaban J connectivity index is 1.31. The Morgan fingerprint density at radius 2 is 2.03 bits per heavy atom. The number of nitrogens with one attached hydrogen (secondary N) is 1. The predicted octanol–water partition coefficient (Wildman–Crippen LogP) is 3.73. The molecule has 0 bridgehead atoms. The lowest BCUT2D eigenvalue weighted by atomic mass is 9.93. The predicted molar refractivity (Wildman–Crippen MR) is 121 cm³/mol. The van der Waals surface area contributed by atoms with E-state index in [1.807, 2.05) is 30.3 Å². The number of benzene rings is 1. The summed E-state index contributed by atoms with van der Waals surface area (Å²) in [6.45, 7) is 1.16. The third-order valence-corrected chi connectivity index (χ3v) is 7.04. The van der Waals surface area contributed by atoms with Crippen molar-refractivity contribution in [3.63, 3.8) is 0 Å². The molecule has 31 heavy (non-hydrogen) atoms.